The molecular formula is C12H15ClN4O3S. The third-order valence-electron chi connectivity index (χ3n) is 3.56. The molecule has 1 saturated carbocycles. The van der Waals surface area contributed by atoms with Crippen LogP contribution in [0.15, 0.2) is 4.79 Å². The average molecular weight is 331 g/mol. The van der Waals surface area contributed by atoms with Gasteiger partial charge >= 0.3 is 6.03 Å². The van der Waals surface area contributed by atoms with Gasteiger partial charge in [-0.15, -0.1) is 0 Å². The molecule has 7 nitrogen and oxygen atoms in total. The van der Waals surface area contributed by atoms with Crippen molar-refractivity contribution in [2.75, 3.05) is 13.1 Å². The van der Waals surface area contributed by atoms with Gasteiger partial charge in [-0.3, -0.25) is 14.0 Å². The van der Waals surface area contributed by atoms with Crippen LogP contribution in [-0.2, 0) is 0 Å². The molecule has 3 N–H and O–H groups in total. The van der Waals surface area contributed by atoms with Crippen molar-refractivity contribution in [2.24, 2.45) is 0 Å². The van der Waals surface area contributed by atoms with Gasteiger partial charge in [0.25, 0.3) is 11.5 Å². The number of nitrogens with one attached hydrogen (secondary N) is 3. The fourth-order valence-electron chi connectivity index (χ4n) is 2.27. The molecule has 21 heavy (non-hydrogen) atoms. The van der Waals surface area contributed by atoms with Gasteiger partial charge in [-0.2, -0.15) is 0 Å². The van der Waals surface area contributed by atoms with Crippen LogP contribution in [0.5, 0.6) is 0 Å². The molecule has 0 bridgehead atoms. The molecule has 2 aliphatic rings. The molecule has 2 heterocycles. The zero-order valence-corrected chi connectivity index (χ0v) is 12.7. The molecule has 0 spiro atoms. The molecular weight excluding hydrogens is 316 g/mol. The first-order chi connectivity index (χ1) is 10.0. The Morgan fingerprint density at radius 1 is 1.24 bits per heavy atom. The summed E-state index contributed by atoms with van der Waals surface area (Å²) in [7, 11) is 0. The van der Waals surface area contributed by atoms with E-state index in [1.165, 1.54) is 0 Å². The number of aromatic nitrogens is 1. The maximum atomic E-state index is 12.3. The summed E-state index contributed by atoms with van der Waals surface area (Å²) in [6.07, 6.45) is 2.77. The molecule has 1 unspecified atom stereocenters. The van der Waals surface area contributed by atoms with Crippen LogP contribution in [0.25, 0.3) is 0 Å². The molecule has 1 atom stereocenters. The van der Waals surface area contributed by atoms with Crippen LogP contribution in [0.1, 0.15) is 28.9 Å². The number of rotatable bonds is 3. The van der Waals surface area contributed by atoms with E-state index in [1.807, 2.05) is 0 Å². The minimum atomic E-state index is -0.442. The summed E-state index contributed by atoms with van der Waals surface area (Å²) in [6, 6.07) is 0.0587. The highest BCUT2D eigenvalue weighted by Gasteiger charge is 2.31. The smallest absolute Gasteiger partial charge is 0.315 e. The lowest BCUT2D eigenvalue weighted by Crippen LogP contribution is -2.44. The second-order valence-corrected chi connectivity index (χ2v) is 6.50. The van der Waals surface area contributed by atoms with E-state index in [2.05, 4.69) is 15.0 Å². The van der Waals surface area contributed by atoms with E-state index in [9.17, 15) is 14.4 Å². The van der Waals surface area contributed by atoms with Crippen LogP contribution in [-0.4, -0.2) is 46.4 Å². The van der Waals surface area contributed by atoms with Gasteiger partial charge in [-0.05, 0) is 19.3 Å². The van der Waals surface area contributed by atoms with Crippen molar-refractivity contribution in [3.63, 3.8) is 0 Å². The first kappa shape index (κ1) is 14.4. The number of H-pyrrole nitrogens is 1. The van der Waals surface area contributed by atoms with Crippen molar-refractivity contribution in [1.29, 1.82) is 0 Å². The van der Waals surface area contributed by atoms with E-state index >= 15 is 0 Å². The number of aromatic amines is 1. The second-order valence-electron chi connectivity index (χ2n) is 5.31. The van der Waals surface area contributed by atoms with Crippen molar-refractivity contribution < 1.29 is 9.59 Å². The van der Waals surface area contributed by atoms with Crippen LogP contribution in [0.4, 0.5) is 4.79 Å². The van der Waals surface area contributed by atoms with Gasteiger partial charge in [0, 0.05) is 25.2 Å². The van der Waals surface area contributed by atoms with Crippen molar-refractivity contribution in [3.05, 3.63) is 20.3 Å². The Labute approximate surface area is 129 Å². The summed E-state index contributed by atoms with van der Waals surface area (Å²) in [6.45, 7) is 0.967. The van der Waals surface area contributed by atoms with E-state index < -0.39 is 5.56 Å². The van der Waals surface area contributed by atoms with Crippen molar-refractivity contribution in [2.45, 2.75) is 31.3 Å². The Morgan fingerprint density at radius 3 is 2.57 bits per heavy atom. The number of nitrogens with zero attached hydrogens (tertiary/aromatic N) is 1. The zero-order valence-electron chi connectivity index (χ0n) is 11.1. The Kier molecular flexibility index (Phi) is 3.90. The third kappa shape index (κ3) is 3.21. The van der Waals surface area contributed by atoms with Gasteiger partial charge in [0.05, 0.1) is 0 Å². The number of carbonyl (C=O) groups is 2. The second kappa shape index (κ2) is 5.69. The van der Waals surface area contributed by atoms with Gasteiger partial charge in [0.1, 0.15) is 9.90 Å². The van der Waals surface area contributed by atoms with Crippen molar-refractivity contribution >= 4 is 35.1 Å². The molecule has 1 saturated heterocycles. The lowest BCUT2D eigenvalue weighted by Gasteiger charge is -2.16. The molecule has 1 aromatic rings. The molecule has 114 valence electrons. The molecule has 9 heteroatoms. The largest absolute Gasteiger partial charge is 0.336 e. The summed E-state index contributed by atoms with van der Waals surface area (Å²) in [4.78, 5) is 37.0. The van der Waals surface area contributed by atoms with Gasteiger partial charge < -0.3 is 15.5 Å². The maximum absolute atomic E-state index is 12.3. The molecule has 2 fully saturated rings. The Balaban J connectivity index is 1.56. The quantitative estimate of drug-likeness (QED) is 0.764. The highest BCUT2D eigenvalue weighted by atomic mass is 35.5. The van der Waals surface area contributed by atoms with Gasteiger partial charge in [0.15, 0.2) is 0 Å². The fourth-order valence-corrected chi connectivity index (χ4v) is 3.27. The van der Waals surface area contributed by atoms with Crippen molar-refractivity contribution in [3.8, 4) is 0 Å². The molecule has 1 aliphatic carbocycles. The van der Waals surface area contributed by atoms with Crippen LogP contribution in [0.2, 0.25) is 5.02 Å². The van der Waals surface area contributed by atoms with E-state index in [0.717, 1.165) is 24.4 Å². The topological polar surface area (TPSA) is 94.3 Å². The number of halogens is 1. The van der Waals surface area contributed by atoms with E-state index in [4.69, 9.17) is 11.6 Å². The monoisotopic (exact) mass is 330 g/mol. The van der Waals surface area contributed by atoms with E-state index in [0.29, 0.717) is 25.6 Å². The highest BCUT2D eigenvalue weighted by molar-refractivity contribution is 7.08. The number of likely N-dealkylation sites (tertiary alicyclic amines) is 1. The van der Waals surface area contributed by atoms with Gasteiger partial charge in [-0.1, -0.05) is 23.1 Å². The summed E-state index contributed by atoms with van der Waals surface area (Å²) in [5.74, 6) is -0.268. The van der Waals surface area contributed by atoms with E-state index in [1.54, 1.807) is 4.90 Å². The van der Waals surface area contributed by atoms with Crippen LogP contribution in [0.3, 0.4) is 0 Å². The predicted molar refractivity (Wildman–Crippen MR) is 78.9 cm³/mol. The minimum absolute atomic E-state index is 0.0621. The predicted octanol–water partition coefficient (Wildman–Crippen LogP) is 0.766. The average Bonchev–Trinajstić information content (AvgIpc) is 3.02. The first-order valence-electron chi connectivity index (χ1n) is 6.78. The Hall–Kier alpha value is -1.54. The zero-order chi connectivity index (χ0) is 15.0. The third-order valence-corrected chi connectivity index (χ3v) is 4.90. The first-order valence-corrected chi connectivity index (χ1v) is 7.97. The molecule has 1 aliphatic heterocycles. The van der Waals surface area contributed by atoms with Gasteiger partial charge in [0.2, 0.25) is 0 Å². The standard InChI is InChI=1S/C12H15ClN4O3S/c13-8-9(21-16-10(8)18)11(19)17-4-3-7(5-17)15-12(20)14-6-1-2-6/h6-7H,1-5H2,(H,16,18)(H2,14,15,20). The number of amides is 3. The molecule has 3 amide bonds. The summed E-state index contributed by atoms with van der Waals surface area (Å²) < 4.78 is 2.44. The number of urea groups is 1. The van der Waals surface area contributed by atoms with Crippen LogP contribution in [0, 0.1) is 0 Å². The Bertz CT molecular complexity index is 624. The summed E-state index contributed by atoms with van der Waals surface area (Å²) in [5, 5.41) is 5.65. The fraction of sp³-hybridized carbons (Fsp3) is 0.583. The lowest BCUT2D eigenvalue weighted by molar-refractivity contribution is 0.0794. The Morgan fingerprint density at radius 2 is 1.95 bits per heavy atom. The number of hydrogen-bond donors (Lipinski definition) is 3. The normalized spacial score (nSPS) is 21.4. The molecule has 0 radical (unpaired) electrons. The summed E-state index contributed by atoms with van der Waals surface area (Å²) >= 11 is 6.75. The molecule has 0 aromatic carbocycles. The SMILES string of the molecule is O=C(NC1CC1)NC1CCN(C(=O)c2s[nH]c(=O)c2Cl)C1. The van der Waals surface area contributed by atoms with Crippen molar-refractivity contribution in [1.82, 2.24) is 19.9 Å². The van der Waals surface area contributed by atoms with Crippen LogP contribution >= 0.6 is 23.1 Å². The molecule has 1 aromatic heterocycles. The number of carbonyl (C=O) groups excluding carboxylic acids is 2. The number of hydrogen-bond acceptors (Lipinski definition) is 4. The van der Waals surface area contributed by atoms with E-state index in [-0.39, 0.29) is 27.9 Å². The minimum Gasteiger partial charge on any atom is -0.336 e. The van der Waals surface area contributed by atoms with Gasteiger partial charge in [-0.25, -0.2) is 4.79 Å². The summed E-state index contributed by atoms with van der Waals surface area (Å²) in [5.41, 5.74) is -0.442. The molecule has 3 rings (SSSR count). The highest BCUT2D eigenvalue weighted by Crippen LogP contribution is 2.21. The maximum Gasteiger partial charge on any atom is 0.315 e. The van der Waals surface area contributed by atoms with Crippen LogP contribution < -0.4 is 16.2 Å². The lowest BCUT2D eigenvalue weighted by atomic mass is 10.3.